The standard InChI is InChI=1S/C12H16N2O2/c1-8(11(13)15)12(16)14-9(2)10-6-4-3-5-7-10/h3-9H,1-2H3,(H2,13,15)(H,14,16)/t8?,9-/m1/s1. The highest BCUT2D eigenvalue weighted by molar-refractivity contribution is 5.99. The molecular formula is C12H16N2O2. The number of primary amides is 1. The Balaban J connectivity index is 2.62. The second kappa shape index (κ2) is 5.30. The first-order valence-electron chi connectivity index (χ1n) is 5.17. The van der Waals surface area contributed by atoms with Gasteiger partial charge in [0, 0.05) is 0 Å². The van der Waals surface area contributed by atoms with E-state index in [2.05, 4.69) is 5.32 Å². The number of nitrogens with one attached hydrogen (secondary N) is 1. The molecule has 4 heteroatoms. The molecule has 1 aromatic rings. The predicted molar refractivity (Wildman–Crippen MR) is 61.4 cm³/mol. The van der Waals surface area contributed by atoms with Crippen LogP contribution in [0.25, 0.3) is 0 Å². The largest absolute Gasteiger partial charge is 0.369 e. The third-order valence-corrected chi connectivity index (χ3v) is 2.48. The molecule has 3 N–H and O–H groups in total. The third-order valence-electron chi connectivity index (χ3n) is 2.48. The molecule has 0 saturated carbocycles. The minimum atomic E-state index is -0.800. The molecule has 0 fully saturated rings. The molecule has 0 aliphatic heterocycles. The van der Waals surface area contributed by atoms with E-state index < -0.39 is 11.8 Å². The maximum Gasteiger partial charge on any atom is 0.232 e. The molecule has 86 valence electrons. The fourth-order valence-corrected chi connectivity index (χ4v) is 1.29. The highest BCUT2D eigenvalue weighted by atomic mass is 16.2. The molecule has 1 unspecified atom stereocenters. The van der Waals surface area contributed by atoms with Crippen molar-refractivity contribution in [3.8, 4) is 0 Å². The number of carbonyl (C=O) groups excluding carboxylic acids is 2. The van der Waals surface area contributed by atoms with E-state index in [1.807, 2.05) is 37.3 Å². The van der Waals surface area contributed by atoms with Gasteiger partial charge in [-0.1, -0.05) is 30.3 Å². The van der Waals surface area contributed by atoms with Gasteiger partial charge in [-0.25, -0.2) is 0 Å². The topological polar surface area (TPSA) is 72.2 Å². The summed E-state index contributed by atoms with van der Waals surface area (Å²) in [6.45, 7) is 3.36. The van der Waals surface area contributed by atoms with Crippen molar-refractivity contribution in [2.24, 2.45) is 11.7 Å². The number of carbonyl (C=O) groups is 2. The SMILES string of the molecule is CC(C(N)=O)C(=O)N[C@H](C)c1ccccc1. The lowest BCUT2D eigenvalue weighted by atomic mass is 10.1. The number of hydrogen-bond acceptors (Lipinski definition) is 2. The van der Waals surface area contributed by atoms with Crippen LogP contribution in [-0.2, 0) is 9.59 Å². The molecule has 1 rings (SSSR count). The minimum absolute atomic E-state index is 0.129. The molecule has 0 spiro atoms. The van der Waals surface area contributed by atoms with Gasteiger partial charge in [-0.15, -0.1) is 0 Å². The van der Waals surface area contributed by atoms with Crippen molar-refractivity contribution >= 4 is 11.8 Å². The Kier molecular flexibility index (Phi) is 4.05. The van der Waals surface area contributed by atoms with E-state index in [0.717, 1.165) is 5.56 Å². The summed E-state index contributed by atoms with van der Waals surface area (Å²) in [5, 5.41) is 2.74. The van der Waals surface area contributed by atoms with Crippen molar-refractivity contribution in [1.82, 2.24) is 5.32 Å². The molecule has 0 aliphatic rings. The van der Waals surface area contributed by atoms with Crippen molar-refractivity contribution in [2.75, 3.05) is 0 Å². The molecular weight excluding hydrogens is 204 g/mol. The van der Waals surface area contributed by atoms with Gasteiger partial charge in [0.1, 0.15) is 5.92 Å². The molecule has 0 aliphatic carbocycles. The van der Waals surface area contributed by atoms with E-state index in [9.17, 15) is 9.59 Å². The maximum atomic E-state index is 11.6. The van der Waals surface area contributed by atoms with Crippen molar-refractivity contribution in [2.45, 2.75) is 19.9 Å². The predicted octanol–water partition coefficient (Wildman–Crippen LogP) is 0.985. The molecule has 2 atom stereocenters. The zero-order valence-corrected chi connectivity index (χ0v) is 9.44. The Hall–Kier alpha value is -1.84. The summed E-state index contributed by atoms with van der Waals surface area (Å²) in [7, 11) is 0. The molecule has 4 nitrogen and oxygen atoms in total. The van der Waals surface area contributed by atoms with Gasteiger partial charge in [0.2, 0.25) is 11.8 Å². The highest BCUT2D eigenvalue weighted by Gasteiger charge is 2.20. The molecule has 1 aromatic carbocycles. The number of nitrogens with two attached hydrogens (primary N) is 1. The van der Waals surface area contributed by atoms with Gasteiger partial charge < -0.3 is 11.1 Å². The lowest BCUT2D eigenvalue weighted by molar-refractivity contribution is -0.133. The van der Waals surface area contributed by atoms with Gasteiger partial charge >= 0.3 is 0 Å². The molecule has 2 amide bonds. The summed E-state index contributed by atoms with van der Waals surface area (Å²) >= 11 is 0. The maximum absolute atomic E-state index is 11.6. The van der Waals surface area contributed by atoms with Crippen LogP contribution in [0.1, 0.15) is 25.5 Å². The van der Waals surface area contributed by atoms with Crippen LogP contribution in [-0.4, -0.2) is 11.8 Å². The monoisotopic (exact) mass is 220 g/mol. The number of amides is 2. The molecule has 0 heterocycles. The van der Waals surface area contributed by atoms with E-state index in [1.54, 1.807) is 0 Å². The van der Waals surface area contributed by atoms with Gasteiger partial charge in [0.25, 0.3) is 0 Å². The van der Waals surface area contributed by atoms with Gasteiger partial charge in [0.05, 0.1) is 6.04 Å². The van der Waals surface area contributed by atoms with E-state index in [0.29, 0.717) is 0 Å². The molecule has 0 aromatic heterocycles. The zero-order chi connectivity index (χ0) is 12.1. The van der Waals surface area contributed by atoms with Gasteiger partial charge in [-0.3, -0.25) is 9.59 Å². The summed E-state index contributed by atoms with van der Waals surface area (Å²) in [4.78, 5) is 22.4. The quantitative estimate of drug-likeness (QED) is 0.742. The second-order valence-electron chi connectivity index (χ2n) is 3.77. The van der Waals surface area contributed by atoms with E-state index in [-0.39, 0.29) is 11.9 Å². The summed E-state index contributed by atoms with van der Waals surface area (Å²) < 4.78 is 0. The smallest absolute Gasteiger partial charge is 0.232 e. The fraction of sp³-hybridized carbons (Fsp3) is 0.333. The highest BCUT2D eigenvalue weighted by Crippen LogP contribution is 2.11. The average molecular weight is 220 g/mol. The average Bonchev–Trinajstić information content (AvgIpc) is 2.28. The van der Waals surface area contributed by atoms with Crippen molar-refractivity contribution < 1.29 is 9.59 Å². The molecule has 0 bridgehead atoms. The second-order valence-corrected chi connectivity index (χ2v) is 3.77. The van der Waals surface area contributed by atoms with Gasteiger partial charge in [-0.05, 0) is 19.4 Å². The summed E-state index contributed by atoms with van der Waals surface area (Å²) in [5.74, 6) is -1.76. The van der Waals surface area contributed by atoms with Crippen LogP contribution < -0.4 is 11.1 Å². The van der Waals surface area contributed by atoms with Gasteiger partial charge in [0.15, 0.2) is 0 Å². The zero-order valence-electron chi connectivity index (χ0n) is 9.44. The third kappa shape index (κ3) is 3.08. The summed E-state index contributed by atoms with van der Waals surface area (Å²) in [5.41, 5.74) is 6.04. The van der Waals surface area contributed by atoms with Crippen LogP contribution in [0.3, 0.4) is 0 Å². The Labute approximate surface area is 94.8 Å². The number of hydrogen-bond donors (Lipinski definition) is 2. The van der Waals surface area contributed by atoms with Crippen molar-refractivity contribution in [1.29, 1.82) is 0 Å². The molecule has 16 heavy (non-hydrogen) atoms. The van der Waals surface area contributed by atoms with Crippen LogP contribution in [0.4, 0.5) is 0 Å². The van der Waals surface area contributed by atoms with Crippen LogP contribution in [0, 0.1) is 5.92 Å². The number of rotatable bonds is 4. The van der Waals surface area contributed by atoms with E-state index >= 15 is 0 Å². The van der Waals surface area contributed by atoms with Crippen molar-refractivity contribution in [3.63, 3.8) is 0 Å². The molecule has 0 radical (unpaired) electrons. The van der Waals surface area contributed by atoms with Crippen molar-refractivity contribution in [3.05, 3.63) is 35.9 Å². The number of benzene rings is 1. The van der Waals surface area contributed by atoms with Crippen LogP contribution >= 0.6 is 0 Å². The van der Waals surface area contributed by atoms with E-state index in [1.165, 1.54) is 6.92 Å². The van der Waals surface area contributed by atoms with Crippen LogP contribution in [0.2, 0.25) is 0 Å². The van der Waals surface area contributed by atoms with Crippen LogP contribution in [0.5, 0.6) is 0 Å². The first-order valence-corrected chi connectivity index (χ1v) is 5.17. The Morgan fingerprint density at radius 1 is 1.19 bits per heavy atom. The lowest BCUT2D eigenvalue weighted by Gasteiger charge is -2.16. The Bertz CT molecular complexity index is 376. The molecule has 0 saturated heterocycles. The first-order chi connectivity index (χ1) is 7.52. The Morgan fingerprint density at radius 2 is 1.75 bits per heavy atom. The summed E-state index contributed by atoms with van der Waals surface area (Å²) in [6.07, 6.45) is 0. The fourth-order valence-electron chi connectivity index (χ4n) is 1.29. The minimum Gasteiger partial charge on any atom is -0.369 e. The van der Waals surface area contributed by atoms with Gasteiger partial charge in [-0.2, -0.15) is 0 Å². The van der Waals surface area contributed by atoms with Crippen LogP contribution in [0.15, 0.2) is 30.3 Å². The Morgan fingerprint density at radius 3 is 2.25 bits per heavy atom. The lowest BCUT2D eigenvalue weighted by Crippen LogP contribution is -2.38. The normalized spacial score (nSPS) is 13.9. The summed E-state index contributed by atoms with van der Waals surface area (Å²) in [6, 6.07) is 9.41. The first kappa shape index (κ1) is 12.2. The van der Waals surface area contributed by atoms with E-state index in [4.69, 9.17) is 5.73 Å².